The van der Waals surface area contributed by atoms with Crippen LogP contribution in [0.2, 0.25) is 15.1 Å². The van der Waals surface area contributed by atoms with Crippen molar-refractivity contribution < 1.29 is 9.63 Å². The van der Waals surface area contributed by atoms with E-state index in [1.165, 1.54) is 0 Å². The fourth-order valence-corrected chi connectivity index (χ4v) is 3.52. The van der Waals surface area contributed by atoms with E-state index in [9.17, 15) is 4.79 Å². The van der Waals surface area contributed by atoms with Gasteiger partial charge in [-0.25, -0.2) is 0 Å². The predicted octanol–water partition coefficient (Wildman–Crippen LogP) is 5.79. The first kappa shape index (κ1) is 18.5. The first-order chi connectivity index (χ1) is 11.9. The van der Waals surface area contributed by atoms with E-state index in [0.717, 1.165) is 4.47 Å². The van der Waals surface area contributed by atoms with Crippen molar-refractivity contribution in [3.63, 3.8) is 0 Å². The Balaban J connectivity index is 1.92. The summed E-state index contributed by atoms with van der Waals surface area (Å²) < 4.78 is 0.919. The number of carbonyl (C=O) groups excluding carboxylic acids is 1. The summed E-state index contributed by atoms with van der Waals surface area (Å²) in [6.07, 6.45) is -0.462. The standard InChI is InChI=1S/C17H12BrCl3N2O2/c1-8-13(17(24)22-10-4-2-9(18)3-5-10)16(23-25-8)14-11(19)6-7-12(20)15(14)21/h2-8,13H,1H3,(H,22,24). The van der Waals surface area contributed by atoms with Gasteiger partial charge in [0.1, 0.15) is 17.7 Å². The molecule has 0 saturated carbocycles. The van der Waals surface area contributed by atoms with E-state index in [0.29, 0.717) is 27.0 Å². The van der Waals surface area contributed by atoms with E-state index >= 15 is 0 Å². The molecule has 1 aliphatic heterocycles. The molecule has 0 aromatic heterocycles. The molecule has 130 valence electrons. The van der Waals surface area contributed by atoms with Gasteiger partial charge in [-0.05, 0) is 43.3 Å². The van der Waals surface area contributed by atoms with E-state index < -0.39 is 12.0 Å². The Labute approximate surface area is 168 Å². The van der Waals surface area contributed by atoms with Gasteiger partial charge in [-0.3, -0.25) is 4.79 Å². The number of anilines is 1. The summed E-state index contributed by atoms with van der Waals surface area (Å²) in [5, 5.41) is 7.81. The lowest BCUT2D eigenvalue weighted by molar-refractivity contribution is -0.120. The molecule has 2 aromatic carbocycles. The zero-order valence-electron chi connectivity index (χ0n) is 12.9. The minimum Gasteiger partial charge on any atom is -0.391 e. The molecule has 0 saturated heterocycles. The van der Waals surface area contributed by atoms with Crippen molar-refractivity contribution in [1.29, 1.82) is 0 Å². The average molecular weight is 463 g/mol. The van der Waals surface area contributed by atoms with Crippen LogP contribution in [0.15, 0.2) is 46.0 Å². The van der Waals surface area contributed by atoms with Crippen LogP contribution in [-0.2, 0) is 9.63 Å². The van der Waals surface area contributed by atoms with E-state index in [1.54, 1.807) is 31.2 Å². The molecule has 2 aromatic rings. The zero-order chi connectivity index (χ0) is 18.1. The molecule has 1 N–H and O–H groups in total. The molecule has 0 fully saturated rings. The Kier molecular flexibility index (Phi) is 5.58. The summed E-state index contributed by atoms with van der Waals surface area (Å²) in [4.78, 5) is 18.1. The number of nitrogens with zero attached hydrogens (tertiary/aromatic N) is 1. The Morgan fingerprint density at radius 3 is 2.44 bits per heavy atom. The molecular weight excluding hydrogens is 450 g/mol. The number of oxime groups is 1. The highest BCUT2D eigenvalue weighted by molar-refractivity contribution is 9.10. The van der Waals surface area contributed by atoms with Crippen LogP contribution in [0, 0.1) is 5.92 Å². The molecule has 2 unspecified atom stereocenters. The fourth-order valence-electron chi connectivity index (χ4n) is 2.53. The van der Waals surface area contributed by atoms with Gasteiger partial charge in [-0.2, -0.15) is 0 Å². The van der Waals surface area contributed by atoms with Gasteiger partial charge in [0.15, 0.2) is 0 Å². The predicted molar refractivity (Wildman–Crippen MR) is 105 cm³/mol. The van der Waals surface area contributed by atoms with Crippen LogP contribution in [0.5, 0.6) is 0 Å². The first-order valence-corrected chi connectivity index (χ1v) is 9.25. The average Bonchev–Trinajstić information content (AvgIpc) is 2.95. The van der Waals surface area contributed by atoms with Crippen molar-refractivity contribution in [3.05, 3.63) is 61.5 Å². The van der Waals surface area contributed by atoms with Crippen molar-refractivity contribution >= 4 is 68.0 Å². The maximum Gasteiger partial charge on any atom is 0.237 e. The first-order valence-electron chi connectivity index (χ1n) is 7.32. The second-order valence-electron chi connectivity index (χ2n) is 5.48. The lowest BCUT2D eigenvalue weighted by Gasteiger charge is -2.17. The second kappa shape index (κ2) is 7.54. The summed E-state index contributed by atoms with van der Waals surface area (Å²) in [6, 6.07) is 10.5. The lowest BCUT2D eigenvalue weighted by atomic mass is 9.92. The number of hydrogen-bond acceptors (Lipinski definition) is 3. The van der Waals surface area contributed by atoms with Crippen LogP contribution < -0.4 is 5.32 Å². The minimum atomic E-state index is -0.669. The second-order valence-corrected chi connectivity index (χ2v) is 7.59. The topological polar surface area (TPSA) is 50.7 Å². The SMILES string of the molecule is CC1ON=C(c2c(Cl)ccc(Cl)c2Cl)C1C(=O)Nc1ccc(Br)cc1. The molecule has 1 aliphatic rings. The molecule has 2 atom stereocenters. The number of halogens is 4. The van der Waals surface area contributed by atoms with Gasteiger partial charge >= 0.3 is 0 Å². The third kappa shape index (κ3) is 3.80. The van der Waals surface area contributed by atoms with Gasteiger partial charge < -0.3 is 10.2 Å². The van der Waals surface area contributed by atoms with Crippen molar-refractivity contribution in [2.24, 2.45) is 11.1 Å². The Bertz CT molecular complexity index is 856. The molecule has 25 heavy (non-hydrogen) atoms. The van der Waals surface area contributed by atoms with E-state index in [1.807, 2.05) is 12.1 Å². The highest BCUT2D eigenvalue weighted by Gasteiger charge is 2.39. The summed E-state index contributed by atoms with van der Waals surface area (Å²) >= 11 is 22.0. The van der Waals surface area contributed by atoms with Crippen LogP contribution in [0.4, 0.5) is 5.69 Å². The minimum absolute atomic E-state index is 0.243. The van der Waals surface area contributed by atoms with Gasteiger partial charge in [0, 0.05) is 15.7 Å². The van der Waals surface area contributed by atoms with Crippen LogP contribution in [0.25, 0.3) is 0 Å². The Hall–Kier alpha value is -1.27. The molecule has 1 amide bonds. The van der Waals surface area contributed by atoms with Crippen LogP contribution in [0.3, 0.4) is 0 Å². The third-order valence-electron chi connectivity index (χ3n) is 3.78. The molecule has 0 radical (unpaired) electrons. The van der Waals surface area contributed by atoms with Crippen molar-refractivity contribution in [3.8, 4) is 0 Å². The Morgan fingerprint density at radius 1 is 1.12 bits per heavy atom. The zero-order valence-corrected chi connectivity index (χ0v) is 16.7. The fraction of sp³-hybridized carbons (Fsp3) is 0.176. The molecule has 0 spiro atoms. The summed E-state index contributed by atoms with van der Waals surface area (Å²) in [5.41, 5.74) is 1.44. The smallest absolute Gasteiger partial charge is 0.237 e. The van der Waals surface area contributed by atoms with Gasteiger partial charge in [0.2, 0.25) is 5.91 Å². The van der Waals surface area contributed by atoms with Crippen molar-refractivity contribution in [1.82, 2.24) is 0 Å². The van der Waals surface area contributed by atoms with E-state index in [4.69, 9.17) is 39.6 Å². The molecular formula is C17H12BrCl3N2O2. The number of benzene rings is 2. The van der Waals surface area contributed by atoms with Crippen LogP contribution >= 0.6 is 50.7 Å². The lowest BCUT2D eigenvalue weighted by Crippen LogP contribution is -2.34. The molecule has 1 heterocycles. The quantitative estimate of drug-likeness (QED) is 0.587. The van der Waals surface area contributed by atoms with Gasteiger partial charge in [-0.1, -0.05) is 55.9 Å². The largest absolute Gasteiger partial charge is 0.391 e. The van der Waals surface area contributed by atoms with Gasteiger partial charge in [0.25, 0.3) is 0 Å². The molecule has 3 rings (SSSR count). The van der Waals surface area contributed by atoms with Gasteiger partial charge in [-0.15, -0.1) is 0 Å². The maximum absolute atomic E-state index is 12.8. The number of carbonyl (C=O) groups is 1. The van der Waals surface area contributed by atoms with E-state index in [-0.39, 0.29) is 10.9 Å². The summed E-state index contributed by atoms with van der Waals surface area (Å²) in [7, 11) is 0. The van der Waals surface area contributed by atoms with Gasteiger partial charge in [0.05, 0.1) is 15.1 Å². The van der Waals surface area contributed by atoms with E-state index in [2.05, 4.69) is 26.4 Å². The number of hydrogen-bond donors (Lipinski definition) is 1. The Morgan fingerprint density at radius 2 is 1.76 bits per heavy atom. The molecule has 0 bridgehead atoms. The third-order valence-corrected chi connectivity index (χ3v) is 5.42. The van der Waals surface area contributed by atoms with Crippen molar-refractivity contribution in [2.75, 3.05) is 5.32 Å². The highest BCUT2D eigenvalue weighted by Crippen LogP contribution is 2.36. The van der Waals surface area contributed by atoms with Crippen LogP contribution in [0.1, 0.15) is 12.5 Å². The summed E-state index contributed by atoms with van der Waals surface area (Å²) in [6.45, 7) is 1.76. The highest BCUT2D eigenvalue weighted by atomic mass is 79.9. The van der Waals surface area contributed by atoms with Crippen LogP contribution in [-0.4, -0.2) is 17.7 Å². The molecule has 0 aliphatic carbocycles. The molecule has 8 heteroatoms. The number of rotatable bonds is 3. The number of nitrogens with one attached hydrogen (secondary N) is 1. The normalized spacial score (nSPS) is 19.3. The molecule has 4 nitrogen and oxygen atoms in total. The summed E-state index contributed by atoms with van der Waals surface area (Å²) in [5.74, 6) is -0.935. The number of amides is 1. The maximum atomic E-state index is 12.8. The van der Waals surface area contributed by atoms with Crippen molar-refractivity contribution in [2.45, 2.75) is 13.0 Å². The monoisotopic (exact) mass is 460 g/mol.